The molecule has 0 spiro atoms. The normalized spacial score (nSPS) is 11.4. The summed E-state index contributed by atoms with van der Waals surface area (Å²) in [5.41, 5.74) is 0.668. The molecule has 0 radical (unpaired) electrons. The molecule has 0 aliphatic heterocycles. The molecule has 32 heavy (non-hydrogen) atoms. The molecule has 10 heteroatoms. The van der Waals surface area contributed by atoms with Crippen molar-refractivity contribution in [2.75, 3.05) is 5.32 Å². The Labute approximate surface area is 194 Å². The lowest BCUT2D eigenvalue weighted by atomic mass is 10.2. The highest BCUT2D eigenvalue weighted by atomic mass is 35.5. The van der Waals surface area contributed by atoms with Gasteiger partial charge in [-0.1, -0.05) is 47.5 Å². The highest BCUT2D eigenvalue weighted by Gasteiger charge is 2.20. The van der Waals surface area contributed by atoms with E-state index in [1.807, 2.05) is 0 Å². The number of halogens is 2. The van der Waals surface area contributed by atoms with Gasteiger partial charge in [0.25, 0.3) is 5.91 Å². The van der Waals surface area contributed by atoms with Gasteiger partial charge < -0.3 is 9.73 Å². The number of hydrogen-bond donors (Lipinski definition) is 1. The summed E-state index contributed by atoms with van der Waals surface area (Å²) in [7, 11) is -3.59. The smallest absolute Gasteiger partial charge is 0.292 e. The summed E-state index contributed by atoms with van der Waals surface area (Å²) in [5, 5.41) is 7.88. The van der Waals surface area contributed by atoms with E-state index in [-0.39, 0.29) is 28.7 Å². The molecular formula is C22H17Cl2N3O4S. The van der Waals surface area contributed by atoms with Crippen molar-refractivity contribution >= 4 is 44.8 Å². The molecule has 1 N–H and O–H groups in total. The van der Waals surface area contributed by atoms with Crippen molar-refractivity contribution in [1.82, 2.24) is 9.78 Å². The number of benzene rings is 2. The van der Waals surface area contributed by atoms with Crippen molar-refractivity contribution in [3.8, 4) is 0 Å². The monoisotopic (exact) mass is 489 g/mol. The zero-order valence-corrected chi connectivity index (χ0v) is 18.9. The van der Waals surface area contributed by atoms with Crippen LogP contribution in [0.4, 0.5) is 5.82 Å². The topological polar surface area (TPSA) is 94.2 Å². The standard InChI is InChI=1S/C22H17Cl2N3O4S/c23-18-7-4-8-19(24)17(18)13-27-21(11-12-25-27)26-22(28)20-10-9-15(31-20)14-32(29,30)16-5-2-1-3-6-16/h1-12H,13-14H2,(H,26,28). The Morgan fingerprint density at radius 2 is 1.69 bits per heavy atom. The van der Waals surface area contributed by atoms with Crippen LogP contribution in [0.1, 0.15) is 21.9 Å². The molecule has 0 unspecified atom stereocenters. The third-order valence-electron chi connectivity index (χ3n) is 4.65. The molecule has 7 nitrogen and oxygen atoms in total. The number of anilines is 1. The summed E-state index contributed by atoms with van der Waals surface area (Å²) >= 11 is 12.4. The molecule has 0 saturated carbocycles. The molecule has 164 valence electrons. The number of nitrogens with zero attached hydrogens (tertiary/aromatic N) is 2. The van der Waals surface area contributed by atoms with Gasteiger partial charge >= 0.3 is 0 Å². The first-order chi connectivity index (χ1) is 15.3. The minimum atomic E-state index is -3.59. The third-order valence-corrected chi connectivity index (χ3v) is 7.01. The average molecular weight is 490 g/mol. The Bertz CT molecular complexity index is 1340. The van der Waals surface area contributed by atoms with Crippen LogP contribution in [0.5, 0.6) is 0 Å². The first-order valence-electron chi connectivity index (χ1n) is 9.46. The number of rotatable bonds is 7. The lowest BCUT2D eigenvalue weighted by Gasteiger charge is -2.11. The highest BCUT2D eigenvalue weighted by Crippen LogP contribution is 2.26. The van der Waals surface area contributed by atoms with E-state index in [1.165, 1.54) is 35.1 Å². The quantitative estimate of drug-likeness (QED) is 0.391. The molecular weight excluding hydrogens is 473 g/mol. The zero-order chi connectivity index (χ0) is 22.7. The van der Waals surface area contributed by atoms with Crippen molar-refractivity contribution in [1.29, 1.82) is 0 Å². The fourth-order valence-electron chi connectivity index (χ4n) is 3.05. The Kier molecular flexibility index (Phi) is 6.36. The molecule has 4 aromatic rings. The average Bonchev–Trinajstić information content (AvgIpc) is 3.41. The van der Waals surface area contributed by atoms with Crippen LogP contribution in [0.3, 0.4) is 0 Å². The minimum Gasteiger partial charge on any atom is -0.455 e. The molecule has 0 aliphatic carbocycles. The van der Waals surface area contributed by atoms with Crippen molar-refractivity contribution in [2.24, 2.45) is 0 Å². The summed E-state index contributed by atoms with van der Waals surface area (Å²) in [6.45, 7) is 0.250. The summed E-state index contributed by atoms with van der Waals surface area (Å²) in [6.07, 6.45) is 1.53. The van der Waals surface area contributed by atoms with Gasteiger partial charge in [0.1, 0.15) is 17.3 Å². The number of furan rings is 1. The number of carbonyl (C=O) groups is 1. The van der Waals surface area contributed by atoms with Crippen LogP contribution in [0.25, 0.3) is 0 Å². The van der Waals surface area contributed by atoms with Crippen LogP contribution < -0.4 is 5.32 Å². The lowest BCUT2D eigenvalue weighted by Crippen LogP contribution is -2.16. The van der Waals surface area contributed by atoms with E-state index in [9.17, 15) is 13.2 Å². The van der Waals surface area contributed by atoms with Crippen molar-refractivity contribution in [3.05, 3.63) is 100 Å². The molecule has 2 aromatic heterocycles. The SMILES string of the molecule is O=C(Nc1ccnn1Cc1c(Cl)cccc1Cl)c1ccc(CS(=O)(=O)c2ccccc2)o1. The summed E-state index contributed by atoms with van der Waals surface area (Å²) in [5.74, 6) is -0.351. The van der Waals surface area contributed by atoms with Crippen LogP contribution in [-0.2, 0) is 22.1 Å². The molecule has 0 saturated heterocycles. The maximum absolute atomic E-state index is 12.7. The van der Waals surface area contributed by atoms with Crippen LogP contribution in [0, 0.1) is 0 Å². The molecule has 4 rings (SSSR count). The maximum Gasteiger partial charge on any atom is 0.292 e. The molecule has 0 bridgehead atoms. The first kappa shape index (κ1) is 22.1. The van der Waals surface area contributed by atoms with E-state index in [0.717, 1.165) is 0 Å². The number of hydrogen-bond acceptors (Lipinski definition) is 5. The van der Waals surface area contributed by atoms with Gasteiger partial charge in [0, 0.05) is 21.7 Å². The van der Waals surface area contributed by atoms with Gasteiger partial charge in [-0.15, -0.1) is 0 Å². The summed E-state index contributed by atoms with van der Waals surface area (Å²) < 4.78 is 32.1. The molecule has 0 atom stereocenters. The summed E-state index contributed by atoms with van der Waals surface area (Å²) in [4.78, 5) is 12.8. The Morgan fingerprint density at radius 1 is 0.969 bits per heavy atom. The Balaban J connectivity index is 1.47. The number of sulfone groups is 1. The second kappa shape index (κ2) is 9.20. The van der Waals surface area contributed by atoms with Crippen molar-refractivity contribution < 1.29 is 17.6 Å². The molecule has 0 aliphatic rings. The van der Waals surface area contributed by atoms with E-state index in [4.69, 9.17) is 27.6 Å². The van der Waals surface area contributed by atoms with Crippen LogP contribution in [0.15, 0.2) is 82.2 Å². The predicted octanol–water partition coefficient (Wildman–Crippen LogP) is 5.06. The van der Waals surface area contributed by atoms with E-state index in [2.05, 4.69) is 10.4 Å². The van der Waals surface area contributed by atoms with E-state index in [0.29, 0.717) is 21.4 Å². The highest BCUT2D eigenvalue weighted by molar-refractivity contribution is 7.90. The van der Waals surface area contributed by atoms with Gasteiger partial charge in [-0.3, -0.25) is 4.79 Å². The Morgan fingerprint density at radius 3 is 2.41 bits per heavy atom. The Hall–Kier alpha value is -3.07. The zero-order valence-electron chi connectivity index (χ0n) is 16.5. The van der Waals surface area contributed by atoms with Gasteiger partial charge in [0.15, 0.2) is 15.6 Å². The van der Waals surface area contributed by atoms with Crippen molar-refractivity contribution in [2.45, 2.75) is 17.2 Å². The third kappa shape index (κ3) is 4.88. The van der Waals surface area contributed by atoms with Gasteiger partial charge in [-0.25, -0.2) is 13.1 Å². The largest absolute Gasteiger partial charge is 0.455 e. The predicted molar refractivity (Wildman–Crippen MR) is 122 cm³/mol. The molecule has 2 aromatic carbocycles. The molecule has 0 fully saturated rings. The van der Waals surface area contributed by atoms with Crippen LogP contribution >= 0.6 is 23.2 Å². The summed E-state index contributed by atoms with van der Waals surface area (Å²) in [6, 6.07) is 17.7. The second-order valence-corrected chi connectivity index (χ2v) is 9.67. The van der Waals surface area contributed by atoms with E-state index < -0.39 is 15.7 Å². The first-order valence-corrected chi connectivity index (χ1v) is 11.9. The van der Waals surface area contributed by atoms with Crippen LogP contribution in [0.2, 0.25) is 10.0 Å². The minimum absolute atomic E-state index is 0.0215. The molecule has 1 amide bonds. The van der Waals surface area contributed by atoms with E-state index >= 15 is 0 Å². The van der Waals surface area contributed by atoms with Gasteiger partial charge in [0.05, 0.1) is 17.6 Å². The van der Waals surface area contributed by atoms with Gasteiger partial charge in [-0.2, -0.15) is 5.10 Å². The van der Waals surface area contributed by atoms with Crippen LogP contribution in [-0.4, -0.2) is 24.1 Å². The fourth-order valence-corrected chi connectivity index (χ4v) is 4.84. The van der Waals surface area contributed by atoms with Crippen molar-refractivity contribution in [3.63, 3.8) is 0 Å². The van der Waals surface area contributed by atoms with E-state index in [1.54, 1.807) is 42.5 Å². The number of nitrogens with one attached hydrogen (secondary N) is 1. The number of carbonyl (C=O) groups excluding carboxylic acids is 1. The molecule has 2 heterocycles. The number of aromatic nitrogens is 2. The van der Waals surface area contributed by atoms with Gasteiger partial charge in [0.2, 0.25) is 0 Å². The maximum atomic E-state index is 12.7. The lowest BCUT2D eigenvalue weighted by molar-refractivity contribution is 0.0994. The fraction of sp³-hybridized carbons (Fsp3) is 0.0909. The number of amides is 1. The second-order valence-electron chi connectivity index (χ2n) is 6.87. The van der Waals surface area contributed by atoms with Gasteiger partial charge in [-0.05, 0) is 36.4 Å².